The van der Waals surface area contributed by atoms with E-state index < -0.39 is 17.7 Å². The zero-order valence-corrected chi connectivity index (χ0v) is 32.7. The van der Waals surface area contributed by atoms with Gasteiger partial charge in [-0.1, -0.05) is 19.8 Å². The van der Waals surface area contributed by atoms with E-state index >= 15 is 0 Å². The summed E-state index contributed by atoms with van der Waals surface area (Å²) in [5.41, 5.74) is 2.54. The summed E-state index contributed by atoms with van der Waals surface area (Å²) < 4.78 is 5.25. The highest BCUT2D eigenvalue weighted by Gasteiger charge is 2.40. The summed E-state index contributed by atoms with van der Waals surface area (Å²) in [6.45, 7) is 24.9. The summed E-state index contributed by atoms with van der Waals surface area (Å²) in [6, 6.07) is -0.427. The van der Waals surface area contributed by atoms with Gasteiger partial charge < -0.3 is 30.5 Å². The molecule has 0 fully saturated rings. The fourth-order valence-corrected chi connectivity index (χ4v) is 4.64. The second-order valence-corrected chi connectivity index (χ2v) is 13.8. The molecular weight excluding hydrogens is 602 g/mol. The molecule has 2 rings (SSSR count). The normalized spacial score (nSPS) is 16.5. The van der Waals surface area contributed by atoms with E-state index in [0.29, 0.717) is 12.0 Å². The van der Waals surface area contributed by atoms with Crippen LogP contribution in [0.5, 0.6) is 0 Å². The van der Waals surface area contributed by atoms with Gasteiger partial charge in [-0.15, -0.1) is 18.3 Å². The molecule has 1 unspecified atom stereocenters. The Hall–Kier alpha value is -4.47. The maximum Gasteiger partial charge on any atom is 0.408 e. The van der Waals surface area contributed by atoms with Crippen LogP contribution in [0.15, 0.2) is 22.5 Å². The summed E-state index contributed by atoms with van der Waals surface area (Å²) >= 11 is 0. The van der Waals surface area contributed by atoms with E-state index in [1.807, 2.05) is 46.7 Å². The number of nitrogens with zero attached hydrogens (tertiary/aromatic N) is 2. The van der Waals surface area contributed by atoms with Gasteiger partial charge in [0.15, 0.2) is 0 Å². The molecule has 0 aliphatic carbocycles. The molecule has 3 amide bonds. The molecule has 3 N–H and O–H groups in total. The molecule has 0 aromatic rings. The van der Waals surface area contributed by atoms with Crippen LogP contribution in [0.25, 0.3) is 0 Å². The maximum absolute atomic E-state index is 12.7. The zero-order valence-electron chi connectivity index (χ0n) is 32.7. The Morgan fingerprint density at radius 3 is 1.54 bits per heavy atom. The third-order valence-corrected chi connectivity index (χ3v) is 7.67. The predicted molar refractivity (Wildman–Crippen MR) is 198 cm³/mol. The number of hydrogen-bond donors (Lipinski definition) is 3. The molecule has 9 heteroatoms. The van der Waals surface area contributed by atoms with Crippen LogP contribution in [0.1, 0.15) is 103 Å². The highest BCUT2D eigenvalue weighted by Crippen LogP contribution is 2.33. The number of ether oxygens (including phenoxy) is 1. The Morgan fingerprint density at radius 2 is 1.21 bits per heavy atom. The van der Waals surface area contributed by atoms with Gasteiger partial charge in [-0.05, 0) is 106 Å². The average molecular weight is 664 g/mol. The number of rotatable bonds is 5. The van der Waals surface area contributed by atoms with Crippen LogP contribution >= 0.6 is 0 Å². The van der Waals surface area contributed by atoms with Crippen molar-refractivity contribution in [3.05, 3.63) is 22.5 Å². The topological polar surface area (TPSA) is 103 Å². The molecule has 0 saturated carbocycles. The minimum absolute atomic E-state index is 0.0795. The van der Waals surface area contributed by atoms with Crippen molar-refractivity contribution in [2.24, 2.45) is 5.92 Å². The summed E-state index contributed by atoms with van der Waals surface area (Å²) in [6.07, 6.45) is 5.86. The molecule has 0 bridgehead atoms. The highest BCUT2D eigenvalue weighted by molar-refractivity contribution is 5.97. The van der Waals surface area contributed by atoms with Crippen molar-refractivity contribution in [2.75, 3.05) is 28.2 Å². The number of terminal acetylenes is 1. The Balaban J connectivity index is 0. The van der Waals surface area contributed by atoms with Gasteiger partial charge in [-0.25, -0.2) is 4.79 Å². The van der Waals surface area contributed by atoms with Crippen molar-refractivity contribution in [1.29, 1.82) is 0 Å². The van der Waals surface area contributed by atoms with E-state index in [-0.39, 0.29) is 28.8 Å². The average Bonchev–Trinajstić information content (AvgIpc) is 2.97. The van der Waals surface area contributed by atoms with E-state index in [1.54, 1.807) is 53.6 Å². The lowest BCUT2D eigenvalue weighted by molar-refractivity contribution is -0.133. The fourth-order valence-electron chi connectivity index (χ4n) is 4.64. The molecule has 0 aromatic carbocycles. The second-order valence-electron chi connectivity index (χ2n) is 13.8. The molecule has 1 atom stereocenters. The lowest BCUT2D eigenvalue weighted by atomic mass is 9.85. The van der Waals surface area contributed by atoms with E-state index in [0.717, 1.165) is 23.4 Å². The molecule has 0 spiro atoms. The number of alkyl carbamates (subject to hydrolysis) is 1. The quantitative estimate of drug-likeness (QED) is 0.339. The third-order valence-electron chi connectivity index (χ3n) is 7.67. The summed E-state index contributed by atoms with van der Waals surface area (Å²) in [4.78, 5) is 40.3. The first-order chi connectivity index (χ1) is 22.0. The smallest absolute Gasteiger partial charge is 0.408 e. The van der Waals surface area contributed by atoms with Gasteiger partial charge >= 0.3 is 6.09 Å². The van der Waals surface area contributed by atoms with Crippen molar-refractivity contribution < 1.29 is 19.1 Å². The first kappa shape index (κ1) is 45.7. The lowest BCUT2D eigenvalue weighted by Gasteiger charge is -2.42. The number of nitrogens with one attached hydrogen (secondary N) is 3. The first-order valence-electron chi connectivity index (χ1n) is 16.1. The van der Waals surface area contributed by atoms with Gasteiger partial charge in [0.25, 0.3) is 11.8 Å². The molecule has 2 heterocycles. The summed E-state index contributed by atoms with van der Waals surface area (Å²) in [5, 5.41) is 9.02. The standard InChI is InChI=1S/C16H29N3O3.C12H22N2O.C7H4.C4H6/c1-10(18-14(21)22-15(2,3)4)12-11(17-7)9-16(5,6)19(8)13(12)20;1-8(2)10-9(13-5)7-12(3,4)14(6)11(10)15;1-3-5-7-6-4-2;1-3-4-2/h10,17H,9H2,1-8H3,(H,18,21);8,13H,7H2,1-6H3;1H,2H3;1-2H3. The number of likely N-dealkylation sites (N-methyl/N-ethyl adjacent to an activating group) is 2. The van der Waals surface area contributed by atoms with Gasteiger partial charge in [-0.3, -0.25) is 9.59 Å². The largest absolute Gasteiger partial charge is 0.444 e. The minimum atomic E-state index is -0.570. The molecule has 9 nitrogen and oxygen atoms in total. The maximum atomic E-state index is 12.7. The molecular formula is C39H61N5O4. The number of carbonyl (C=O) groups excluding carboxylic acids is 3. The van der Waals surface area contributed by atoms with Gasteiger partial charge in [-0.2, -0.15) is 0 Å². The molecule has 2 aliphatic rings. The van der Waals surface area contributed by atoms with E-state index in [4.69, 9.17) is 11.2 Å². The van der Waals surface area contributed by atoms with E-state index in [9.17, 15) is 14.4 Å². The van der Waals surface area contributed by atoms with E-state index in [1.165, 1.54) is 0 Å². The fraction of sp³-hybridized carbons (Fsp3) is 0.615. The Morgan fingerprint density at radius 1 is 0.792 bits per heavy atom. The first-order valence-corrected chi connectivity index (χ1v) is 16.1. The third kappa shape index (κ3) is 15.0. The van der Waals surface area contributed by atoms with Crippen LogP contribution in [0.3, 0.4) is 0 Å². The zero-order chi connectivity index (χ0) is 38.0. The van der Waals surface area contributed by atoms with Gasteiger partial charge in [0, 0.05) is 69.1 Å². The summed E-state index contributed by atoms with van der Waals surface area (Å²) in [5.74, 6) is 17.7. The van der Waals surface area contributed by atoms with Crippen LogP contribution in [0.2, 0.25) is 0 Å². The monoisotopic (exact) mass is 663 g/mol. The number of carbonyl (C=O) groups is 3. The Kier molecular flexibility index (Phi) is 19.7. The summed E-state index contributed by atoms with van der Waals surface area (Å²) in [7, 11) is 7.36. The molecule has 2 aliphatic heterocycles. The van der Waals surface area contributed by atoms with Gasteiger partial charge in [0.05, 0.1) is 11.6 Å². The van der Waals surface area contributed by atoms with Crippen LogP contribution in [-0.2, 0) is 14.3 Å². The van der Waals surface area contributed by atoms with Crippen molar-refractivity contribution >= 4 is 17.9 Å². The van der Waals surface area contributed by atoms with Crippen LogP contribution in [0, 0.1) is 53.8 Å². The predicted octanol–water partition coefficient (Wildman–Crippen LogP) is 5.45. The van der Waals surface area contributed by atoms with E-state index in [2.05, 4.69) is 85.1 Å². The highest BCUT2D eigenvalue weighted by atomic mass is 16.6. The van der Waals surface area contributed by atoms with Crippen LogP contribution in [-0.4, -0.2) is 78.6 Å². The SMILES string of the molecule is C#CC#CC#CC.CC#CC.CNC1=C(C(C)C)C(=O)N(C)C(C)(C)C1.CNC1=C(C(C)NC(=O)OC(C)(C)C)C(=O)N(C)C(C)(C)C1. The van der Waals surface area contributed by atoms with Gasteiger partial charge in [0.1, 0.15) is 5.60 Å². The van der Waals surface area contributed by atoms with Crippen molar-refractivity contribution in [1.82, 2.24) is 25.8 Å². The van der Waals surface area contributed by atoms with Crippen LogP contribution in [0.4, 0.5) is 4.79 Å². The molecule has 48 heavy (non-hydrogen) atoms. The molecule has 0 aromatic heterocycles. The molecule has 0 radical (unpaired) electrons. The number of amides is 3. The van der Waals surface area contributed by atoms with Crippen molar-refractivity contribution in [3.8, 4) is 47.9 Å². The minimum Gasteiger partial charge on any atom is -0.444 e. The molecule has 266 valence electrons. The Bertz CT molecular complexity index is 1410. The van der Waals surface area contributed by atoms with Crippen molar-refractivity contribution in [2.45, 2.75) is 126 Å². The lowest BCUT2D eigenvalue weighted by Crippen LogP contribution is -2.54. The van der Waals surface area contributed by atoms with Crippen molar-refractivity contribution in [3.63, 3.8) is 0 Å². The van der Waals surface area contributed by atoms with Crippen LogP contribution < -0.4 is 16.0 Å². The second kappa shape index (κ2) is 20.7. The molecule has 0 saturated heterocycles. The Labute approximate surface area is 292 Å². The van der Waals surface area contributed by atoms with Gasteiger partial charge in [0.2, 0.25) is 0 Å². The number of hydrogen-bond acceptors (Lipinski definition) is 6.